The van der Waals surface area contributed by atoms with Crippen LogP contribution in [0.3, 0.4) is 0 Å². The predicted molar refractivity (Wildman–Crippen MR) is 86.0 cm³/mol. The van der Waals surface area contributed by atoms with Crippen molar-refractivity contribution < 1.29 is 0 Å². The fourth-order valence-corrected chi connectivity index (χ4v) is 2.92. The number of hydrogen-bond donors (Lipinski definition) is 2. The minimum Gasteiger partial charge on any atom is -0.360 e. The van der Waals surface area contributed by atoms with Crippen molar-refractivity contribution in [3.05, 3.63) is 59.3 Å². The highest BCUT2D eigenvalue weighted by molar-refractivity contribution is 5.96. The van der Waals surface area contributed by atoms with Crippen LogP contribution in [0.5, 0.6) is 0 Å². The Labute approximate surface area is 119 Å². The molecule has 102 valence electrons. The zero-order valence-electron chi connectivity index (χ0n) is 12.0. The molecule has 3 rings (SSSR count). The van der Waals surface area contributed by atoms with Crippen molar-refractivity contribution in [1.29, 1.82) is 0 Å². The van der Waals surface area contributed by atoms with Crippen LogP contribution >= 0.6 is 0 Å². The molecule has 0 aliphatic rings. The summed E-state index contributed by atoms with van der Waals surface area (Å²) in [5.41, 5.74) is 13.4. The number of fused-ring (bicyclic) bond motifs is 1. The second kappa shape index (κ2) is 5.14. The fraction of sp³-hybridized carbons (Fsp3) is 0.222. The standard InChI is InChI=1S/C18H20N2/c1-12-6-7-15(13(2)10-12)17-5-3-4-16-14(8-9-19)11-20-18(16)17/h3-7,10-11,20H,8-9,19H2,1-2H3. The van der Waals surface area contributed by atoms with Gasteiger partial charge in [0.2, 0.25) is 0 Å². The van der Waals surface area contributed by atoms with E-state index in [4.69, 9.17) is 5.73 Å². The van der Waals surface area contributed by atoms with Gasteiger partial charge in [-0.1, -0.05) is 42.0 Å². The first-order chi connectivity index (χ1) is 9.70. The van der Waals surface area contributed by atoms with Crippen LogP contribution in [0.2, 0.25) is 0 Å². The van der Waals surface area contributed by atoms with E-state index in [1.165, 1.54) is 38.7 Å². The molecule has 0 spiro atoms. The van der Waals surface area contributed by atoms with Crippen LogP contribution in [-0.2, 0) is 6.42 Å². The lowest BCUT2D eigenvalue weighted by molar-refractivity contribution is 0.976. The van der Waals surface area contributed by atoms with E-state index in [1.54, 1.807) is 0 Å². The molecule has 1 heterocycles. The number of para-hydroxylation sites is 1. The largest absolute Gasteiger partial charge is 0.360 e. The van der Waals surface area contributed by atoms with Gasteiger partial charge in [0.05, 0.1) is 5.52 Å². The van der Waals surface area contributed by atoms with Gasteiger partial charge in [-0.2, -0.15) is 0 Å². The Morgan fingerprint density at radius 3 is 2.65 bits per heavy atom. The maximum Gasteiger partial charge on any atom is 0.0536 e. The quantitative estimate of drug-likeness (QED) is 0.739. The Kier molecular flexibility index (Phi) is 3.33. The van der Waals surface area contributed by atoms with Crippen molar-refractivity contribution in [3.63, 3.8) is 0 Å². The van der Waals surface area contributed by atoms with E-state index in [-0.39, 0.29) is 0 Å². The molecule has 0 aliphatic carbocycles. The van der Waals surface area contributed by atoms with Gasteiger partial charge in [-0.25, -0.2) is 0 Å². The average molecular weight is 264 g/mol. The van der Waals surface area contributed by atoms with Gasteiger partial charge in [0.25, 0.3) is 0 Å². The van der Waals surface area contributed by atoms with E-state index in [9.17, 15) is 0 Å². The first-order valence-electron chi connectivity index (χ1n) is 7.07. The summed E-state index contributed by atoms with van der Waals surface area (Å²) in [6, 6.07) is 13.1. The first kappa shape index (κ1) is 12.9. The van der Waals surface area contributed by atoms with E-state index in [1.807, 2.05) is 0 Å². The van der Waals surface area contributed by atoms with Crippen LogP contribution in [0.25, 0.3) is 22.0 Å². The summed E-state index contributed by atoms with van der Waals surface area (Å²) in [5.74, 6) is 0. The van der Waals surface area contributed by atoms with Crippen LogP contribution in [0, 0.1) is 13.8 Å². The molecule has 0 atom stereocenters. The molecule has 0 saturated heterocycles. The number of aromatic amines is 1. The van der Waals surface area contributed by atoms with Gasteiger partial charge < -0.3 is 10.7 Å². The highest BCUT2D eigenvalue weighted by Gasteiger charge is 2.10. The third-order valence-corrected chi connectivity index (χ3v) is 3.89. The smallest absolute Gasteiger partial charge is 0.0536 e. The van der Waals surface area contributed by atoms with Gasteiger partial charge in [-0.3, -0.25) is 0 Å². The Morgan fingerprint density at radius 1 is 1.05 bits per heavy atom. The number of hydrogen-bond acceptors (Lipinski definition) is 1. The molecule has 0 saturated carbocycles. The Bertz CT molecular complexity index is 753. The molecule has 0 aliphatic heterocycles. The summed E-state index contributed by atoms with van der Waals surface area (Å²) in [6.07, 6.45) is 3.00. The molecule has 0 radical (unpaired) electrons. The van der Waals surface area contributed by atoms with Crippen molar-refractivity contribution in [3.8, 4) is 11.1 Å². The zero-order valence-corrected chi connectivity index (χ0v) is 12.0. The van der Waals surface area contributed by atoms with Gasteiger partial charge >= 0.3 is 0 Å². The number of H-pyrrole nitrogens is 1. The molecule has 0 unspecified atom stereocenters. The van der Waals surface area contributed by atoms with Crippen molar-refractivity contribution in [2.75, 3.05) is 6.54 Å². The Hall–Kier alpha value is -2.06. The van der Waals surface area contributed by atoms with Gasteiger partial charge in [-0.15, -0.1) is 0 Å². The van der Waals surface area contributed by atoms with E-state index in [2.05, 4.69) is 61.4 Å². The maximum atomic E-state index is 5.69. The molecule has 2 nitrogen and oxygen atoms in total. The third-order valence-electron chi connectivity index (χ3n) is 3.89. The van der Waals surface area contributed by atoms with Crippen molar-refractivity contribution in [2.45, 2.75) is 20.3 Å². The molecule has 0 amide bonds. The molecule has 0 fully saturated rings. The first-order valence-corrected chi connectivity index (χ1v) is 7.07. The van der Waals surface area contributed by atoms with E-state index in [0.29, 0.717) is 6.54 Å². The van der Waals surface area contributed by atoms with Gasteiger partial charge in [-0.05, 0) is 43.5 Å². The topological polar surface area (TPSA) is 41.8 Å². The SMILES string of the molecule is Cc1ccc(-c2cccc3c(CCN)c[nH]c23)c(C)c1. The minimum atomic E-state index is 0.681. The number of nitrogens with one attached hydrogen (secondary N) is 1. The summed E-state index contributed by atoms with van der Waals surface area (Å²) in [5, 5.41) is 1.29. The number of rotatable bonds is 3. The van der Waals surface area contributed by atoms with Gasteiger partial charge in [0, 0.05) is 17.1 Å². The van der Waals surface area contributed by atoms with Crippen LogP contribution in [0.4, 0.5) is 0 Å². The molecular formula is C18H20N2. The second-order valence-corrected chi connectivity index (χ2v) is 5.40. The highest BCUT2D eigenvalue weighted by Crippen LogP contribution is 2.32. The number of aryl methyl sites for hydroxylation is 2. The van der Waals surface area contributed by atoms with Crippen LogP contribution in [0.15, 0.2) is 42.6 Å². The lowest BCUT2D eigenvalue weighted by Crippen LogP contribution is -2.01. The van der Waals surface area contributed by atoms with E-state index >= 15 is 0 Å². The van der Waals surface area contributed by atoms with Crippen molar-refractivity contribution >= 4 is 10.9 Å². The molecular weight excluding hydrogens is 244 g/mol. The lowest BCUT2D eigenvalue weighted by atomic mass is 9.96. The number of nitrogens with two attached hydrogens (primary N) is 1. The minimum absolute atomic E-state index is 0.681. The molecule has 20 heavy (non-hydrogen) atoms. The summed E-state index contributed by atoms with van der Waals surface area (Å²) in [4.78, 5) is 3.43. The summed E-state index contributed by atoms with van der Waals surface area (Å²) < 4.78 is 0. The van der Waals surface area contributed by atoms with Crippen LogP contribution < -0.4 is 5.73 Å². The maximum absolute atomic E-state index is 5.69. The molecule has 1 aromatic heterocycles. The van der Waals surface area contributed by atoms with E-state index in [0.717, 1.165) is 6.42 Å². The molecule has 3 aromatic rings. The Balaban J connectivity index is 2.21. The summed E-state index contributed by atoms with van der Waals surface area (Å²) in [7, 11) is 0. The van der Waals surface area contributed by atoms with Crippen molar-refractivity contribution in [2.24, 2.45) is 5.73 Å². The van der Waals surface area contributed by atoms with Crippen LogP contribution in [0.1, 0.15) is 16.7 Å². The molecule has 2 heteroatoms. The average Bonchev–Trinajstić information content (AvgIpc) is 2.83. The second-order valence-electron chi connectivity index (χ2n) is 5.40. The number of aromatic nitrogens is 1. The summed E-state index contributed by atoms with van der Waals surface area (Å²) in [6.45, 7) is 4.98. The van der Waals surface area contributed by atoms with Crippen LogP contribution in [-0.4, -0.2) is 11.5 Å². The zero-order chi connectivity index (χ0) is 14.1. The van der Waals surface area contributed by atoms with Gasteiger partial charge in [0.15, 0.2) is 0 Å². The monoisotopic (exact) mass is 264 g/mol. The molecule has 3 N–H and O–H groups in total. The highest BCUT2D eigenvalue weighted by atomic mass is 14.7. The molecule has 0 bridgehead atoms. The number of benzene rings is 2. The van der Waals surface area contributed by atoms with Gasteiger partial charge in [0.1, 0.15) is 0 Å². The lowest BCUT2D eigenvalue weighted by Gasteiger charge is -2.09. The van der Waals surface area contributed by atoms with Crippen molar-refractivity contribution in [1.82, 2.24) is 4.98 Å². The molecule has 2 aromatic carbocycles. The Morgan fingerprint density at radius 2 is 1.90 bits per heavy atom. The fourth-order valence-electron chi connectivity index (χ4n) is 2.92. The predicted octanol–water partition coefficient (Wildman–Crippen LogP) is 3.95. The normalized spacial score (nSPS) is 11.2. The third kappa shape index (κ3) is 2.12. The van der Waals surface area contributed by atoms with E-state index < -0.39 is 0 Å². The summed E-state index contributed by atoms with van der Waals surface area (Å²) >= 11 is 0.